The summed E-state index contributed by atoms with van der Waals surface area (Å²) >= 11 is 0. The average molecular weight is 320 g/mol. The first-order valence-corrected chi connectivity index (χ1v) is 8.74. The van der Waals surface area contributed by atoms with Crippen molar-refractivity contribution in [3.8, 4) is 0 Å². The van der Waals surface area contributed by atoms with E-state index in [2.05, 4.69) is 13.0 Å². The molecule has 3 heteroatoms. The molecule has 0 aromatic heterocycles. The molecule has 2 N–H and O–H groups in total. The van der Waals surface area contributed by atoms with Gasteiger partial charge in [-0.3, -0.25) is 0 Å². The maximum atomic E-state index is 10.2. The molecule has 0 spiro atoms. The molecule has 0 aromatic rings. The highest BCUT2D eigenvalue weighted by Crippen LogP contribution is 2.11. The van der Waals surface area contributed by atoms with Crippen molar-refractivity contribution in [1.82, 2.24) is 0 Å². The number of hydrogen-bond donors (Lipinski definition) is 2. The van der Waals surface area contributed by atoms with Crippen LogP contribution in [0.3, 0.4) is 0 Å². The van der Waals surface area contributed by atoms with Crippen LogP contribution in [0.15, 0.2) is 48.6 Å². The average Bonchev–Trinajstić information content (AvgIpc) is 2.52. The number of carboxylic acid groups (broad SMARTS) is 1. The molecule has 0 aliphatic rings. The van der Waals surface area contributed by atoms with Gasteiger partial charge in [0.2, 0.25) is 0 Å². The fourth-order valence-corrected chi connectivity index (χ4v) is 2.15. The number of carbonyl (C=O) groups is 1. The van der Waals surface area contributed by atoms with Crippen LogP contribution in [0.2, 0.25) is 0 Å². The standard InChI is InChI=1S/C20H32O3/c1-2-3-16-19(21)17-14-12-10-8-6-4-5-7-9-11-13-15-18-20(22)23/h4-5,7,9,11,13,15,18-19,21H,2-3,6,8,10,12,14,16-17H2,1H3,(H,22,23)/t19-/m0/s1. The van der Waals surface area contributed by atoms with E-state index in [-0.39, 0.29) is 6.10 Å². The van der Waals surface area contributed by atoms with E-state index in [0.29, 0.717) is 0 Å². The molecule has 130 valence electrons. The molecule has 1 atom stereocenters. The Morgan fingerprint density at radius 2 is 1.48 bits per heavy atom. The Kier molecular flexibility index (Phi) is 15.6. The molecule has 0 rings (SSSR count). The molecule has 0 saturated carbocycles. The molecule has 0 radical (unpaired) electrons. The van der Waals surface area contributed by atoms with E-state index in [1.54, 1.807) is 12.2 Å². The number of aliphatic hydroxyl groups is 1. The monoisotopic (exact) mass is 320 g/mol. The SMILES string of the molecule is CCCC[C@H](O)CCCCCCC=CC=CC=CC=CC(=O)O. The minimum absolute atomic E-state index is 0.0987. The van der Waals surface area contributed by atoms with Gasteiger partial charge in [0.05, 0.1) is 6.10 Å². The van der Waals surface area contributed by atoms with Crippen LogP contribution in [0.5, 0.6) is 0 Å². The van der Waals surface area contributed by atoms with Gasteiger partial charge in [-0.05, 0) is 25.7 Å². The third kappa shape index (κ3) is 18.3. The quantitative estimate of drug-likeness (QED) is 0.263. The molecule has 0 amide bonds. The van der Waals surface area contributed by atoms with Crippen molar-refractivity contribution in [3.63, 3.8) is 0 Å². The van der Waals surface area contributed by atoms with Gasteiger partial charge in [0.15, 0.2) is 0 Å². The lowest BCUT2D eigenvalue weighted by atomic mass is 10.0. The van der Waals surface area contributed by atoms with Gasteiger partial charge >= 0.3 is 5.97 Å². The molecule has 23 heavy (non-hydrogen) atoms. The molecular weight excluding hydrogens is 288 g/mol. The van der Waals surface area contributed by atoms with E-state index >= 15 is 0 Å². The zero-order valence-corrected chi connectivity index (χ0v) is 14.4. The summed E-state index contributed by atoms with van der Waals surface area (Å²) in [5.41, 5.74) is 0. The summed E-state index contributed by atoms with van der Waals surface area (Å²) in [5, 5.41) is 18.1. The van der Waals surface area contributed by atoms with Crippen LogP contribution in [0.25, 0.3) is 0 Å². The van der Waals surface area contributed by atoms with Gasteiger partial charge in [-0.2, -0.15) is 0 Å². The maximum absolute atomic E-state index is 10.2. The molecule has 0 unspecified atom stereocenters. The number of hydrogen-bond acceptors (Lipinski definition) is 2. The molecule has 0 aliphatic carbocycles. The predicted molar refractivity (Wildman–Crippen MR) is 97.4 cm³/mol. The number of aliphatic carboxylic acids is 1. The van der Waals surface area contributed by atoms with Gasteiger partial charge in [-0.15, -0.1) is 0 Å². The second-order valence-electron chi connectivity index (χ2n) is 5.68. The minimum Gasteiger partial charge on any atom is -0.478 e. The van der Waals surface area contributed by atoms with Gasteiger partial charge in [0.25, 0.3) is 0 Å². The van der Waals surface area contributed by atoms with Gasteiger partial charge in [-0.25, -0.2) is 4.79 Å². The molecule has 0 saturated heterocycles. The van der Waals surface area contributed by atoms with Gasteiger partial charge in [-0.1, -0.05) is 81.6 Å². The van der Waals surface area contributed by atoms with Crippen molar-refractivity contribution in [2.24, 2.45) is 0 Å². The highest BCUT2D eigenvalue weighted by atomic mass is 16.4. The topological polar surface area (TPSA) is 57.5 Å². The normalized spacial score (nSPS) is 13.8. The van der Waals surface area contributed by atoms with Crippen molar-refractivity contribution in [2.45, 2.75) is 70.8 Å². The van der Waals surface area contributed by atoms with Crippen LogP contribution in [0, 0.1) is 0 Å². The third-order valence-corrected chi connectivity index (χ3v) is 3.48. The molecular formula is C20H32O3. The molecule has 3 nitrogen and oxygen atoms in total. The van der Waals surface area contributed by atoms with E-state index in [4.69, 9.17) is 5.11 Å². The summed E-state index contributed by atoms with van der Waals surface area (Å²) in [5.74, 6) is -0.936. The van der Waals surface area contributed by atoms with E-state index in [1.165, 1.54) is 25.3 Å². The van der Waals surface area contributed by atoms with Crippen molar-refractivity contribution >= 4 is 5.97 Å². The van der Waals surface area contributed by atoms with E-state index < -0.39 is 5.97 Å². The molecule has 0 aromatic carbocycles. The van der Waals surface area contributed by atoms with Crippen LogP contribution in [0.1, 0.15) is 64.7 Å². The first-order chi connectivity index (χ1) is 11.2. The second kappa shape index (κ2) is 16.8. The summed E-state index contributed by atoms with van der Waals surface area (Å²) < 4.78 is 0. The fourth-order valence-electron chi connectivity index (χ4n) is 2.15. The van der Waals surface area contributed by atoms with Crippen molar-refractivity contribution in [3.05, 3.63) is 48.6 Å². The summed E-state index contributed by atoms with van der Waals surface area (Å²) in [6.07, 6.45) is 24.0. The van der Waals surface area contributed by atoms with Crippen LogP contribution in [-0.2, 0) is 4.79 Å². The van der Waals surface area contributed by atoms with Crippen molar-refractivity contribution < 1.29 is 15.0 Å². The first kappa shape index (κ1) is 21.4. The Hall–Kier alpha value is -1.61. The van der Waals surface area contributed by atoms with Crippen LogP contribution in [-0.4, -0.2) is 22.3 Å². The smallest absolute Gasteiger partial charge is 0.328 e. The van der Waals surface area contributed by atoms with E-state index in [9.17, 15) is 9.90 Å². The van der Waals surface area contributed by atoms with Crippen molar-refractivity contribution in [2.75, 3.05) is 0 Å². The minimum atomic E-state index is -0.936. The number of rotatable bonds is 14. The highest BCUT2D eigenvalue weighted by molar-refractivity contribution is 5.80. The molecule has 0 heterocycles. The summed E-state index contributed by atoms with van der Waals surface area (Å²) in [4.78, 5) is 10.2. The van der Waals surface area contributed by atoms with Gasteiger partial charge in [0.1, 0.15) is 0 Å². The number of unbranched alkanes of at least 4 members (excludes halogenated alkanes) is 5. The second-order valence-corrected chi connectivity index (χ2v) is 5.68. The first-order valence-electron chi connectivity index (χ1n) is 8.74. The van der Waals surface area contributed by atoms with E-state index in [1.807, 2.05) is 18.2 Å². The van der Waals surface area contributed by atoms with Crippen LogP contribution < -0.4 is 0 Å². The Bertz CT molecular complexity index is 392. The maximum Gasteiger partial charge on any atom is 0.328 e. The summed E-state index contributed by atoms with van der Waals surface area (Å²) in [6, 6.07) is 0. The molecule has 0 aliphatic heterocycles. The third-order valence-electron chi connectivity index (χ3n) is 3.48. The lowest BCUT2D eigenvalue weighted by Gasteiger charge is -2.08. The van der Waals surface area contributed by atoms with Gasteiger partial charge < -0.3 is 10.2 Å². The predicted octanol–water partition coefficient (Wildman–Crippen LogP) is 5.19. The van der Waals surface area contributed by atoms with Crippen LogP contribution in [0.4, 0.5) is 0 Å². The summed E-state index contributed by atoms with van der Waals surface area (Å²) in [7, 11) is 0. The number of allylic oxidation sites excluding steroid dienone is 7. The van der Waals surface area contributed by atoms with E-state index in [0.717, 1.165) is 44.6 Å². The Balaban J connectivity index is 3.45. The molecule has 0 fully saturated rings. The Labute approximate surface area is 141 Å². The Morgan fingerprint density at radius 1 is 0.870 bits per heavy atom. The zero-order valence-electron chi connectivity index (χ0n) is 14.4. The highest BCUT2D eigenvalue weighted by Gasteiger charge is 2.02. The number of carboxylic acids is 1. The van der Waals surface area contributed by atoms with Crippen LogP contribution >= 0.6 is 0 Å². The lowest BCUT2D eigenvalue weighted by molar-refractivity contribution is -0.131. The van der Waals surface area contributed by atoms with Crippen molar-refractivity contribution in [1.29, 1.82) is 0 Å². The lowest BCUT2D eigenvalue weighted by Crippen LogP contribution is -2.05. The summed E-state index contributed by atoms with van der Waals surface area (Å²) in [6.45, 7) is 2.15. The van der Waals surface area contributed by atoms with Gasteiger partial charge in [0, 0.05) is 6.08 Å². The molecule has 0 bridgehead atoms. The zero-order chi connectivity index (χ0) is 17.2. The largest absolute Gasteiger partial charge is 0.478 e. The Morgan fingerprint density at radius 3 is 2.17 bits per heavy atom. The number of aliphatic hydroxyl groups excluding tert-OH is 1. The fraction of sp³-hybridized carbons (Fsp3) is 0.550.